The van der Waals surface area contributed by atoms with Crippen LogP contribution in [0, 0.1) is 5.92 Å². The first-order valence-corrected chi connectivity index (χ1v) is 2.91. The lowest BCUT2D eigenvalue weighted by Gasteiger charge is -2.18. The number of aliphatic hydroxyl groups excluding tert-OH is 1. The van der Waals surface area contributed by atoms with Crippen molar-refractivity contribution in [2.45, 2.75) is 12.3 Å². The molecular formula is C6H7F3O3. The third-order valence-electron chi connectivity index (χ3n) is 1.23. The molecule has 12 heavy (non-hydrogen) atoms. The highest BCUT2D eigenvalue weighted by atomic mass is 19.4. The molecule has 0 saturated heterocycles. The molecule has 0 unspecified atom stereocenters. The minimum absolute atomic E-state index is 0.360. The van der Waals surface area contributed by atoms with Gasteiger partial charge in [0.15, 0.2) is 6.10 Å². The molecule has 0 amide bonds. The maximum absolute atomic E-state index is 11.8. The van der Waals surface area contributed by atoms with Crippen LogP contribution in [0.3, 0.4) is 0 Å². The summed E-state index contributed by atoms with van der Waals surface area (Å²) in [5, 5.41) is 16.6. The van der Waals surface area contributed by atoms with Crippen molar-refractivity contribution in [1.82, 2.24) is 0 Å². The number of hydrogen-bond donors (Lipinski definition) is 2. The molecule has 0 aliphatic heterocycles. The number of aliphatic hydroxyl groups is 1. The molecule has 0 radical (unpaired) electrons. The lowest BCUT2D eigenvalue weighted by molar-refractivity contribution is -0.194. The summed E-state index contributed by atoms with van der Waals surface area (Å²) in [6, 6.07) is 0. The van der Waals surface area contributed by atoms with Gasteiger partial charge in [-0.05, 0) is 0 Å². The second-order valence-electron chi connectivity index (χ2n) is 2.09. The molecule has 2 atom stereocenters. The van der Waals surface area contributed by atoms with Gasteiger partial charge in [0, 0.05) is 0 Å². The number of aliphatic carboxylic acids is 1. The van der Waals surface area contributed by atoms with Crippen LogP contribution in [0.2, 0.25) is 0 Å². The summed E-state index contributed by atoms with van der Waals surface area (Å²) in [4.78, 5) is 9.95. The van der Waals surface area contributed by atoms with Crippen LogP contribution in [0.25, 0.3) is 0 Å². The first-order valence-electron chi connectivity index (χ1n) is 2.91. The van der Waals surface area contributed by atoms with Crippen molar-refractivity contribution in [3.05, 3.63) is 12.7 Å². The Morgan fingerprint density at radius 3 is 2.00 bits per heavy atom. The zero-order chi connectivity index (χ0) is 9.94. The van der Waals surface area contributed by atoms with E-state index in [0.717, 1.165) is 0 Å². The Morgan fingerprint density at radius 1 is 1.50 bits per heavy atom. The first-order chi connectivity index (χ1) is 5.30. The van der Waals surface area contributed by atoms with E-state index in [1.54, 1.807) is 0 Å². The highest BCUT2D eigenvalue weighted by Crippen LogP contribution is 2.29. The smallest absolute Gasteiger partial charge is 0.398 e. The van der Waals surface area contributed by atoms with E-state index in [1.807, 2.05) is 0 Å². The molecule has 0 spiro atoms. The number of alkyl halides is 3. The molecule has 0 fully saturated rings. The van der Waals surface area contributed by atoms with Gasteiger partial charge in [0.25, 0.3) is 0 Å². The lowest BCUT2D eigenvalue weighted by Crippen LogP contribution is -2.37. The average molecular weight is 184 g/mol. The normalized spacial score (nSPS) is 16.7. The van der Waals surface area contributed by atoms with E-state index >= 15 is 0 Å². The van der Waals surface area contributed by atoms with Gasteiger partial charge in [-0.15, -0.1) is 6.58 Å². The Labute approximate surface area is 66.1 Å². The van der Waals surface area contributed by atoms with Gasteiger partial charge in [-0.25, -0.2) is 4.79 Å². The van der Waals surface area contributed by atoms with E-state index in [1.165, 1.54) is 0 Å². The van der Waals surface area contributed by atoms with Crippen molar-refractivity contribution in [1.29, 1.82) is 0 Å². The van der Waals surface area contributed by atoms with Crippen molar-refractivity contribution in [2.75, 3.05) is 0 Å². The summed E-state index contributed by atoms with van der Waals surface area (Å²) < 4.78 is 35.5. The molecule has 0 bridgehead atoms. The molecule has 3 nitrogen and oxygen atoms in total. The van der Waals surface area contributed by atoms with Gasteiger partial charge < -0.3 is 10.2 Å². The molecular weight excluding hydrogens is 177 g/mol. The molecule has 0 heterocycles. The number of hydrogen-bond acceptors (Lipinski definition) is 2. The van der Waals surface area contributed by atoms with Crippen LogP contribution in [-0.2, 0) is 4.79 Å². The fourth-order valence-corrected chi connectivity index (χ4v) is 0.595. The Balaban J connectivity index is 4.57. The van der Waals surface area contributed by atoms with Crippen LogP contribution in [-0.4, -0.2) is 28.5 Å². The van der Waals surface area contributed by atoms with E-state index in [4.69, 9.17) is 10.2 Å². The summed E-state index contributed by atoms with van der Waals surface area (Å²) in [6.07, 6.45) is -6.90. The molecule has 0 aromatic rings. The van der Waals surface area contributed by atoms with Crippen LogP contribution in [0.5, 0.6) is 0 Å². The zero-order valence-electron chi connectivity index (χ0n) is 5.88. The van der Waals surface area contributed by atoms with E-state index < -0.39 is 24.2 Å². The zero-order valence-corrected chi connectivity index (χ0v) is 5.88. The SMILES string of the molecule is C=C[C@H]([C@H](O)C(=O)O)C(F)(F)F. The van der Waals surface area contributed by atoms with Gasteiger partial charge in [-0.2, -0.15) is 13.2 Å². The summed E-state index contributed by atoms with van der Waals surface area (Å²) in [6.45, 7) is 2.79. The van der Waals surface area contributed by atoms with E-state index in [2.05, 4.69) is 6.58 Å². The monoisotopic (exact) mass is 184 g/mol. The molecule has 0 aliphatic carbocycles. The predicted molar refractivity (Wildman–Crippen MR) is 33.4 cm³/mol. The molecule has 0 aliphatic rings. The maximum Gasteiger partial charge on any atom is 0.398 e. The molecule has 6 heteroatoms. The standard InChI is InChI=1S/C6H7F3O3/c1-2-3(6(7,8)9)4(10)5(11)12/h2-4,10H,1H2,(H,11,12)/t3-,4+/m1/s1. The molecule has 0 aromatic carbocycles. The van der Waals surface area contributed by atoms with Crippen molar-refractivity contribution in [3.63, 3.8) is 0 Å². The minimum atomic E-state index is -4.78. The van der Waals surface area contributed by atoms with E-state index in [9.17, 15) is 18.0 Å². The number of carbonyl (C=O) groups is 1. The highest BCUT2D eigenvalue weighted by Gasteiger charge is 2.44. The second kappa shape index (κ2) is 3.57. The Hall–Kier alpha value is -1.04. The Bertz CT molecular complexity index is 187. The van der Waals surface area contributed by atoms with Crippen molar-refractivity contribution in [3.8, 4) is 0 Å². The second-order valence-corrected chi connectivity index (χ2v) is 2.09. The summed E-state index contributed by atoms with van der Waals surface area (Å²) in [5.74, 6) is -4.34. The van der Waals surface area contributed by atoms with Crippen molar-refractivity contribution in [2.24, 2.45) is 5.92 Å². The number of carboxylic acid groups (broad SMARTS) is 1. The number of rotatable bonds is 3. The largest absolute Gasteiger partial charge is 0.479 e. The van der Waals surface area contributed by atoms with Crippen LogP contribution in [0.15, 0.2) is 12.7 Å². The van der Waals surface area contributed by atoms with Crippen LogP contribution in [0.1, 0.15) is 0 Å². The molecule has 2 N–H and O–H groups in total. The maximum atomic E-state index is 11.8. The summed E-state index contributed by atoms with van der Waals surface area (Å²) in [7, 11) is 0. The molecule has 0 saturated carbocycles. The third-order valence-corrected chi connectivity index (χ3v) is 1.23. The minimum Gasteiger partial charge on any atom is -0.479 e. The van der Waals surface area contributed by atoms with E-state index in [0.29, 0.717) is 6.08 Å². The van der Waals surface area contributed by atoms with Gasteiger partial charge in [0.2, 0.25) is 0 Å². The quantitative estimate of drug-likeness (QED) is 0.637. The van der Waals surface area contributed by atoms with Gasteiger partial charge in [-0.3, -0.25) is 0 Å². The third kappa shape index (κ3) is 2.54. The van der Waals surface area contributed by atoms with Crippen molar-refractivity contribution >= 4 is 5.97 Å². The number of carboxylic acids is 1. The van der Waals surface area contributed by atoms with Crippen LogP contribution in [0.4, 0.5) is 13.2 Å². The van der Waals surface area contributed by atoms with E-state index in [-0.39, 0.29) is 0 Å². The fourth-order valence-electron chi connectivity index (χ4n) is 0.595. The predicted octanol–water partition coefficient (Wildman–Crippen LogP) is 0.796. The van der Waals surface area contributed by atoms with Crippen LogP contribution >= 0.6 is 0 Å². The van der Waals surface area contributed by atoms with Crippen LogP contribution < -0.4 is 0 Å². The topological polar surface area (TPSA) is 57.5 Å². The first kappa shape index (κ1) is 11.0. The summed E-state index contributed by atoms with van der Waals surface area (Å²) >= 11 is 0. The van der Waals surface area contributed by atoms with Crippen molar-refractivity contribution < 1.29 is 28.2 Å². The van der Waals surface area contributed by atoms with Gasteiger partial charge in [0.1, 0.15) is 5.92 Å². The average Bonchev–Trinajstić information content (AvgIpc) is 1.85. The number of halogens is 3. The van der Waals surface area contributed by atoms with Gasteiger partial charge in [-0.1, -0.05) is 6.08 Å². The summed E-state index contributed by atoms with van der Waals surface area (Å²) in [5.41, 5.74) is 0. The molecule has 70 valence electrons. The Morgan fingerprint density at radius 2 is 1.92 bits per heavy atom. The highest BCUT2D eigenvalue weighted by molar-refractivity contribution is 5.72. The molecule has 0 rings (SSSR count). The lowest BCUT2D eigenvalue weighted by atomic mass is 10.0. The Kier molecular flexibility index (Phi) is 3.26. The molecule has 0 aromatic heterocycles. The van der Waals surface area contributed by atoms with Gasteiger partial charge in [0.05, 0.1) is 0 Å². The van der Waals surface area contributed by atoms with Gasteiger partial charge >= 0.3 is 12.1 Å². The fraction of sp³-hybridized carbons (Fsp3) is 0.500.